The summed E-state index contributed by atoms with van der Waals surface area (Å²) in [7, 11) is 0. The summed E-state index contributed by atoms with van der Waals surface area (Å²) < 4.78 is 6.86. The van der Waals surface area contributed by atoms with Crippen LogP contribution in [0.25, 0.3) is 109 Å². The van der Waals surface area contributed by atoms with Gasteiger partial charge in [-0.05, 0) is 106 Å². The summed E-state index contributed by atoms with van der Waals surface area (Å²) in [6.07, 6.45) is 0. The van der Waals surface area contributed by atoms with Gasteiger partial charge in [-0.1, -0.05) is 133 Å². The average Bonchev–Trinajstić information content (AvgIpc) is 3.52. The van der Waals surface area contributed by atoms with Crippen LogP contribution in [-0.4, -0.2) is 0 Å². The Labute approximate surface area is 270 Å². The lowest BCUT2D eigenvalue weighted by Crippen LogP contribution is -1.89. The van der Waals surface area contributed by atoms with Crippen LogP contribution in [0.2, 0.25) is 0 Å². The zero-order valence-corrected chi connectivity index (χ0v) is 25.4. The van der Waals surface area contributed by atoms with Gasteiger partial charge in [-0.25, -0.2) is 0 Å². The van der Waals surface area contributed by atoms with Crippen molar-refractivity contribution in [2.75, 3.05) is 0 Å². The molecule has 11 rings (SSSR count). The van der Waals surface area contributed by atoms with E-state index >= 15 is 0 Å². The van der Waals surface area contributed by atoms with Gasteiger partial charge in [0.25, 0.3) is 0 Å². The normalized spacial score (nSPS) is 12.3. The van der Waals surface area contributed by atoms with Crippen molar-refractivity contribution in [3.63, 3.8) is 0 Å². The highest BCUT2D eigenvalue weighted by molar-refractivity contribution is 6.27. The van der Waals surface area contributed by atoms with Crippen molar-refractivity contribution in [2.45, 2.75) is 0 Å². The quantitative estimate of drug-likeness (QED) is 0.182. The molecule has 11 aromatic rings. The first-order valence-electron chi connectivity index (χ1n) is 16.3. The van der Waals surface area contributed by atoms with E-state index < -0.39 is 0 Å². The van der Waals surface area contributed by atoms with Crippen LogP contribution in [0.15, 0.2) is 162 Å². The molecule has 0 unspecified atom stereocenters. The fraction of sp³-hybridized carbons (Fsp3) is 0. The lowest BCUT2D eigenvalue weighted by molar-refractivity contribution is 0.670. The molecule has 0 aliphatic heterocycles. The molecule has 0 atom stereocenters. The van der Waals surface area contributed by atoms with Gasteiger partial charge in [0.05, 0.1) is 0 Å². The second-order valence-electron chi connectivity index (χ2n) is 12.9. The van der Waals surface area contributed by atoms with E-state index in [1.165, 1.54) is 86.7 Å². The molecule has 0 saturated carbocycles. The Morgan fingerprint density at radius 1 is 0.298 bits per heavy atom. The third-order valence-corrected chi connectivity index (χ3v) is 10.4. The number of benzene rings is 10. The van der Waals surface area contributed by atoms with Gasteiger partial charge >= 0.3 is 0 Å². The molecule has 0 spiro atoms. The topological polar surface area (TPSA) is 13.1 Å². The van der Waals surface area contributed by atoms with Crippen LogP contribution >= 0.6 is 0 Å². The van der Waals surface area contributed by atoms with E-state index in [1.807, 2.05) is 0 Å². The van der Waals surface area contributed by atoms with Gasteiger partial charge in [0.15, 0.2) is 0 Å². The Hall–Kier alpha value is -6.18. The molecular formula is C46H26O. The highest BCUT2D eigenvalue weighted by Crippen LogP contribution is 2.46. The third-order valence-electron chi connectivity index (χ3n) is 10.4. The van der Waals surface area contributed by atoms with Crippen molar-refractivity contribution in [2.24, 2.45) is 0 Å². The lowest BCUT2D eigenvalue weighted by Gasteiger charge is -2.15. The van der Waals surface area contributed by atoms with Crippen molar-refractivity contribution >= 4 is 86.6 Å². The maximum absolute atomic E-state index is 6.86. The van der Waals surface area contributed by atoms with Gasteiger partial charge < -0.3 is 4.42 Å². The predicted molar refractivity (Wildman–Crippen MR) is 201 cm³/mol. The van der Waals surface area contributed by atoms with Gasteiger partial charge in [-0.3, -0.25) is 0 Å². The van der Waals surface area contributed by atoms with Crippen LogP contribution in [-0.2, 0) is 0 Å². The Balaban J connectivity index is 1.28. The maximum atomic E-state index is 6.86. The molecule has 0 radical (unpaired) electrons. The number of hydrogen-bond acceptors (Lipinski definition) is 1. The summed E-state index contributed by atoms with van der Waals surface area (Å²) >= 11 is 0. The van der Waals surface area contributed by atoms with E-state index in [4.69, 9.17) is 4.42 Å². The van der Waals surface area contributed by atoms with E-state index in [0.29, 0.717) is 0 Å². The van der Waals surface area contributed by atoms with Crippen LogP contribution in [0.3, 0.4) is 0 Å². The molecule has 1 heteroatoms. The van der Waals surface area contributed by atoms with Crippen LogP contribution < -0.4 is 0 Å². The second kappa shape index (κ2) is 9.19. The molecule has 0 saturated heterocycles. The van der Waals surface area contributed by atoms with Crippen molar-refractivity contribution in [3.8, 4) is 22.3 Å². The zero-order valence-electron chi connectivity index (χ0n) is 25.4. The SMILES string of the molecule is c1ccc2c(c1)ccc1ccc(-c3cc(-c4ccc5ccc6cccc7ccc4c5c67)c4oc5ccc6ccccc6c5c4c3)cc12. The van der Waals surface area contributed by atoms with Gasteiger partial charge in [0.1, 0.15) is 11.2 Å². The Kier molecular flexibility index (Phi) is 4.90. The van der Waals surface area contributed by atoms with Gasteiger partial charge in [-0.2, -0.15) is 0 Å². The lowest BCUT2D eigenvalue weighted by atomic mass is 9.88. The maximum Gasteiger partial charge on any atom is 0.143 e. The molecule has 0 aliphatic rings. The minimum atomic E-state index is 0.916. The second-order valence-corrected chi connectivity index (χ2v) is 12.9. The first-order valence-corrected chi connectivity index (χ1v) is 16.3. The Morgan fingerprint density at radius 2 is 0.894 bits per heavy atom. The number of rotatable bonds is 2. The smallest absolute Gasteiger partial charge is 0.143 e. The van der Waals surface area contributed by atoms with E-state index in [0.717, 1.165) is 22.1 Å². The molecule has 0 bridgehead atoms. The first-order chi connectivity index (χ1) is 23.3. The number of furan rings is 1. The molecular weight excluding hydrogens is 569 g/mol. The summed E-state index contributed by atoms with van der Waals surface area (Å²) in [5, 5.41) is 17.5. The van der Waals surface area contributed by atoms with Gasteiger partial charge in [-0.15, -0.1) is 0 Å². The van der Waals surface area contributed by atoms with Crippen LogP contribution in [0.5, 0.6) is 0 Å². The molecule has 0 amide bonds. The Bertz CT molecular complexity index is 3050. The third kappa shape index (κ3) is 3.49. The summed E-state index contributed by atoms with van der Waals surface area (Å²) in [5.41, 5.74) is 6.54. The fourth-order valence-electron chi connectivity index (χ4n) is 8.17. The van der Waals surface area contributed by atoms with Crippen LogP contribution in [0.4, 0.5) is 0 Å². The highest BCUT2D eigenvalue weighted by atomic mass is 16.3. The molecule has 47 heavy (non-hydrogen) atoms. The number of fused-ring (bicyclic) bond motifs is 8. The van der Waals surface area contributed by atoms with Gasteiger partial charge in [0.2, 0.25) is 0 Å². The molecule has 1 aromatic heterocycles. The molecule has 1 heterocycles. The summed E-state index contributed by atoms with van der Waals surface area (Å²) in [6.45, 7) is 0. The first kappa shape index (κ1) is 25.1. The predicted octanol–water partition coefficient (Wildman–Crippen LogP) is 13.3. The minimum Gasteiger partial charge on any atom is -0.455 e. The number of hydrogen-bond donors (Lipinski definition) is 0. The van der Waals surface area contributed by atoms with Crippen molar-refractivity contribution < 1.29 is 4.42 Å². The van der Waals surface area contributed by atoms with Gasteiger partial charge in [0, 0.05) is 16.3 Å². The zero-order chi connectivity index (χ0) is 30.6. The molecule has 10 aromatic carbocycles. The summed E-state index contributed by atoms with van der Waals surface area (Å²) in [4.78, 5) is 0. The minimum absolute atomic E-state index is 0.916. The van der Waals surface area contributed by atoms with Crippen molar-refractivity contribution in [1.29, 1.82) is 0 Å². The fourth-order valence-corrected chi connectivity index (χ4v) is 8.17. The highest BCUT2D eigenvalue weighted by Gasteiger charge is 2.20. The molecule has 0 N–H and O–H groups in total. The van der Waals surface area contributed by atoms with E-state index in [9.17, 15) is 0 Å². The molecule has 0 fully saturated rings. The molecule has 216 valence electrons. The monoisotopic (exact) mass is 594 g/mol. The van der Waals surface area contributed by atoms with Crippen molar-refractivity contribution in [1.82, 2.24) is 0 Å². The van der Waals surface area contributed by atoms with E-state index in [2.05, 4.69) is 158 Å². The van der Waals surface area contributed by atoms with E-state index in [-0.39, 0.29) is 0 Å². The van der Waals surface area contributed by atoms with Crippen LogP contribution in [0, 0.1) is 0 Å². The van der Waals surface area contributed by atoms with Crippen molar-refractivity contribution in [3.05, 3.63) is 158 Å². The summed E-state index contributed by atoms with van der Waals surface area (Å²) in [5.74, 6) is 0. The average molecular weight is 595 g/mol. The van der Waals surface area contributed by atoms with Crippen LogP contribution in [0.1, 0.15) is 0 Å². The Morgan fingerprint density at radius 3 is 1.74 bits per heavy atom. The summed E-state index contributed by atoms with van der Waals surface area (Å²) in [6, 6.07) is 57.9. The molecule has 1 nitrogen and oxygen atoms in total. The standard InChI is InChI=1S/C46H26O/c1-3-10-35-27(6-1)12-13-29-14-17-33(24-39(29)35)34-25-40(46-41(26-34)45-36-11-4-2-7-28(36)20-23-42(45)47-46)37-21-18-32-16-15-30-8-5-9-31-19-22-38(37)44(32)43(30)31/h1-26H. The molecule has 0 aliphatic carbocycles. The van der Waals surface area contributed by atoms with E-state index in [1.54, 1.807) is 0 Å². The largest absolute Gasteiger partial charge is 0.455 e.